The van der Waals surface area contributed by atoms with E-state index in [-0.39, 0.29) is 23.1 Å². The molecule has 0 bridgehead atoms. The molecule has 2 N–H and O–H groups in total. The summed E-state index contributed by atoms with van der Waals surface area (Å²) in [6.07, 6.45) is 2.06. The number of amides is 1. The third kappa shape index (κ3) is 3.04. The molecule has 1 aliphatic heterocycles. The number of carbonyl (C=O) groups excluding carboxylic acids is 1. The Labute approximate surface area is 110 Å². The van der Waals surface area contributed by atoms with E-state index in [4.69, 9.17) is 5.11 Å². The molecule has 0 aromatic heterocycles. The monoisotopic (exact) mass is 265 g/mol. The van der Waals surface area contributed by atoms with Gasteiger partial charge in [0.05, 0.1) is 11.1 Å². The maximum Gasteiger partial charge on any atom is 0.336 e. The Hall–Kier alpha value is -1.49. The summed E-state index contributed by atoms with van der Waals surface area (Å²) in [5.41, 5.74) is 0.291. The highest BCUT2D eigenvalue weighted by atomic mass is 32.2. The lowest BCUT2D eigenvalue weighted by molar-refractivity contribution is 0.0690. The number of aromatic carboxylic acids is 1. The molecule has 5 heteroatoms. The molecular formula is C13H15NO3S. The van der Waals surface area contributed by atoms with E-state index in [9.17, 15) is 9.59 Å². The number of benzene rings is 1. The highest BCUT2D eigenvalue weighted by Crippen LogP contribution is 2.18. The number of hydrogen-bond acceptors (Lipinski definition) is 3. The first kappa shape index (κ1) is 13.0. The van der Waals surface area contributed by atoms with Gasteiger partial charge in [-0.1, -0.05) is 12.1 Å². The molecule has 1 unspecified atom stereocenters. The SMILES string of the molecule is O=C(O)c1ccccc1C(=O)NC1CCCSC1. The summed E-state index contributed by atoms with van der Waals surface area (Å²) < 4.78 is 0. The van der Waals surface area contributed by atoms with E-state index in [0.29, 0.717) is 0 Å². The second-order valence-electron chi connectivity index (χ2n) is 4.24. The Bertz CT molecular complexity index is 455. The maximum atomic E-state index is 12.1. The summed E-state index contributed by atoms with van der Waals surface area (Å²) in [6, 6.07) is 6.45. The van der Waals surface area contributed by atoms with Crippen molar-refractivity contribution in [1.82, 2.24) is 5.32 Å². The zero-order chi connectivity index (χ0) is 13.0. The van der Waals surface area contributed by atoms with Gasteiger partial charge in [0.1, 0.15) is 0 Å². The molecule has 1 amide bonds. The first-order chi connectivity index (χ1) is 8.68. The summed E-state index contributed by atoms with van der Waals surface area (Å²) in [5, 5.41) is 11.9. The van der Waals surface area contributed by atoms with Gasteiger partial charge < -0.3 is 10.4 Å². The first-order valence-electron chi connectivity index (χ1n) is 5.89. The molecule has 2 rings (SSSR count). The molecule has 1 fully saturated rings. The van der Waals surface area contributed by atoms with Crippen LogP contribution in [-0.4, -0.2) is 34.5 Å². The van der Waals surface area contributed by atoms with Gasteiger partial charge in [-0.25, -0.2) is 4.79 Å². The molecule has 1 aromatic rings. The van der Waals surface area contributed by atoms with Crippen molar-refractivity contribution >= 4 is 23.6 Å². The second-order valence-corrected chi connectivity index (χ2v) is 5.39. The molecule has 96 valence electrons. The maximum absolute atomic E-state index is 12.1. The van der Waals surface area contributed by atoms with Gasteiger partial charge in [0.25, 0.3) is 5.91 Å². The Balaban J connectivity index is 2.10. The molecule has 0 radical (unpaired) electrons. The Kier molecular flexibility index (Phi) is 4.25. The van der Waals surface area contributed by atoms with Crippen LogP contribution in [0.4, 0.5) is 0 Å². The van der Waals surface area contributed by atoms with E-state index in [2.05, 4.69) is 5.32 Å². The fraction of sp³-hybridized carbons (Fsp3) is 0.385. The van der Waals surface area contributed by atoms with Crippen molar-refractivity contribution in [2.75, 3.05) is 11.5 Å². The topological polar surface area (TPSA) is 66.4 Å². The average molecular weight is 265 g/mol. The van der Waals surface area contributed by atoms with Gasteiger partial charge in [0.2, 0.25) is 0 Å². The Morgan fingerprint density at radius 2 is 2.00 bits per heavy atom. The standard InChI is InChI=1S/C13H15NO3S/c15-12(14-9-4-3-7-18-8-9)10-5-1-2-6-11(10)13(16)17/h1-2,5-6,9H,3-4,7-8H2,(H,14,15)(H,16,17). The first-order valence-corrected chi connectivity index (χ1v) is 7.05. The number of carboxylic acids is 1. The molecule has 0 aliphatic carbocycles. The molecule has 0 spiro atoms. The largest absolute Gasteiger partial charge is 0.478 e. The van der Waals surface area contributed by atoms with Gasteiger partial charge in [0, 0.05) is 11.8 Å². The van der Waals surface area contributed by atoms with Gasteiger partial charge in [-0.05, 0) is 30.7 Å². The van der Waals surface area contributed by atoms with Crippen LogP contribution in [0.15, 0.2) is 24.3 Å². The molecule has 1 aliphatic rings. The van der Waals surface area contributed by atoms with E-state index >= 15 is 0 Å². The van der Waals surface area contributed by atoms with Crippen LogP contribution >= 0.6 is 11.8 Å². The van der Waals surface area contributed by atoms with Crippen molar-refractivity contribution in [3.05, 3.63) is 35.4 Å². The van der Waals surface area contributed by atoms with Crippen LogP contribution < -0.4 is 5.32 Å². The number of carbonyl (C=O) groups is 2. The van der Waals surface area contributed by atoms with Gasteiger partial charge in [0.15, 0.2) is 0 Å². The van der Waals surface area contributed by atoms with Crippen LogP contribution in [0, 0.1) is 0 Å². The van der Waals surface area contributed by atoms with Crippen LogP contribution in [0.5, 0.6) is 0 Å². The van der Waals surface area contributed by atoms with Crippen molar-refractivity contribution < 1.29 is 14.7 Å². The zero-order valence-electron chi connectivity index (χ0n) is 9.89. The molecule has 4 nitrogen and oxygen atoms in total. The third-order valence-electron chi connectivity index (χ3n) is 2.90. The quantitative estimate of drug-likeness (QED) is 0.877. The minimum atomic E-state index is -1.07. The molecule has 0 saturated carbocycles. The van der Waals surface area contributed by atoms with Crippen molar-refractivity contribution in [2.24, 2.45) is 0 Å². The summed E-state index contributed by atoms with van der Waals surface area (Å²) >= 11 is 1.82. The van der Waals surface area contributed by atoms with Gasteiger partial charge >= 0.3 is 5.97 Å². The third-order valence-corrected chi connectivity index (χ3v) is 4.11. The van der Waals surface area contributed by atoms with Crippen molar-refractivity contribution in [2.45, 2.75) is 18.9 Å². The van der Waals surface area contributed by atoms with Crippen LogP contribution in [0.3, 0.4) is 0 Å². The minimum Gasteiger partial charge on any atom is -0.478 e. The van der Waals surface area contributed by atoms with E-state index in [1.165, 1.54) is 6.07 Å². The van der Waals surface area contributed by atoms with Crippen LogP contribution in [0.2, 0.25) is 0 Å². The lowest BCUT2D eigenvalue weighted by Gasteiger charge is -2.22. The summed E-state index contributed by atoms with van der Waals surface area (Å²) in [7, 11) is 0. The van der Waals surface area contributed by atoms with Gasteiger partial charge in [-0.15, -0.1) is 0 Å². The van der Waals surface area contributed by atoms with Gasteiger partial charge in [-0.2, -0.15) is 11.8 Å². The number of hydrogen-bond donors (Lipinski definition) is 2. The normalized spacial score (nSPS) is 19.2. The highest BCUT2D eigenvalue weighted by Gasteiger charge is 2.20. The van der Waals surface area contributed by atoms with Crippen LogP contribution in [-0.2, 0) is 0 Å². The molecule has 1 heterocycles. The summed E-state index contributed by atoms with van der Waals surface area (Å²) in [6.45, 7) is 0. The molecule has 1 saturated heterocycles. The minimum absolute atomic E-state index is 0.0541. The highest BCUT2D eigenvalue weighted by molar-refractivity contribution is 7.99. The van der Waals surface area contributed by atoms with E-state index in [0.717, 1.165) is 24.3 Å². The Morgan fingerprint density at radius 1 is 1.28 bits per heavy atom. The van der Waals surface area contributed by atoms with Gasteiger partial charge in [-0.3, -0.25) is 4.79 Å². The van der Waals surface area contributed by atoms with E-state index in [1.54, 1.807) is 18.2 Å². The van der Waals surface area contributed by atoms with Crippen LogP contribution in [0.1, 0.15) is 33.6 Å². The fourth-order valence-corrected chi connectivity index (χ4v) is 3.06. The molecule has 1 atom stereocenters. The number of nitrogens with one attached hydrogen (secondary N) is 1. The molecule has 1 aromatic carbocycles. The van der Waals surface area contributed by atoms with E-state index < -0.39 is 5.97 Å². The molecular weight excluding hydrogens is 250 g/mol. The summed E-state index contributed by atoms with van der Waals surface area (Å²) in [5.74, 6) is 0.679. The number of thioether (sulfide) groups is 1. The molecule has 18 heavy (non-hydrogen) atoms. The number of rotatable bonds is 3. The fourth-order valence-electron chi connectivity index (χ4n) is 1.99. The summed E-state index contributed by atoms with van der Waals surface area (Å²) in [4.78, 5) is 23.1. The van der Waals surface area contributed by atoms with E-state index in [1.807, 2.05) is 11.8 Å². The number of carboxylic acid groups (broad SMARTS) is 1. The van der Waals surface area contributed by atoms with Crippen molar-refractivity contribution in [3.8, 4) is 0 Å². The second kappa shape index (κ2) is 5.91. The Morgan fingerprint density at radius 3 is 2.61 bits per heavy atom. The van der Waals surface area contributed by atoms with Crippen molar-refractivity contribution in [3.63, 3.8) is 0 Å². The van der Waals surface area contributed by atoms with Crippen LogP contribution in [0.25, 0.3) is 0 Å². The average Bonchev–Trinajstić information content (AvgIpc) is 2.40. The lowest BCUT2D eigenvalue weighted by Crippen LogP contribution is -2.38. The lowest BCUT2D eigenvalue weighted by atomic mass is 10.1. The smallest absolute Gasteiger partial charge is 0.336 e. The predicted octanol–water partition coefficient (Wildman–Crippen LogP) is 2.01. The zero-order valence-corrected chi connectivity index (χ0v) is 10.7. The predicted molar refractivity (Wildman–Crippen MR) is 71.2 cm³/mol. The van der Waals surface area contributed by atoms with Crippen molar-refractivity contribution in [1.29, 1.82) is 0 Å².